The average molecular weight is 240 g/mol. The second kappa shape index (κ2) is 5.83. The summed E-state index contributed by atoms with van der Waals surface area (Å²) in [6.45, 7) is 3.07. The van der Waals surface area contributed by atoms with Gasteiger partial charge in [0.2, 0.25) is 5.91 Å². The van der Waals surface area contributed by atoms with Gasteiger partial charge in [0.05, 0.1) is 6.10 Å². The molecule has 2 aliphatic rings. The zero-order valence-corrected chi connectivity index (χ0v) is 10.6. The maximum absolute atomic E-state index is 12.1. The average Bonchev–Trinajstić information content (AvgIpc) is 2.29. The molecule has 4 nitrogen and oxygen atoms in total. The van der Waals surface area contributed by atoms with Crippen molar-refractivity contribution in [2.45, 2.75) is 63.6 Å². The van der Waals surface area contributed by atoms with E-state index in [1.165, 1.54) is 0 Å². The van der Waals surface area contributed by atoms with Gasteiger partial charge in [-0.1, -0.05) is 0 Å². The Morgan fingerprint density at radius 2 is 2.12 bits per heavy atom. The minimum atomic E-state index is -0.221. The van der Waals surface area contributed by atoms with Crippen LogP contribution in [0.1, 0.15) is 45.4 Å². The molecule has 0 aromatic carbocycles. The quantitative estimate of drug-likeness (QED) is 0.669. The van der Waals surface area contributed by atoms with Crippen molar-refractivity contribution in [2.24, 2.45) is 5.92 Å². The number of aliphatic hydroxyl groups is 1. The first-order chi connectivity index (χ1) is 8.15. The number of nitrogens with one attached hydrogen (secondary N) is 2. The Morgan fingerprint density at radius 3 is 2.82 bits per heavy atom. The molecule has 0 spiro atoms. The summed E-state index contributed by atoms with van der Waals surface area (Å²) in [5, 5.41) is 16.1. The third-order valence-corrected chi connectivity index (χ3v) is 3.99. The Labute approximate surface area is 103 Å². The standard InChI is InChI=1S/C13H24N2O2/c1-9-7-10(5-6-14-9)13(17)15-11-3-2-4-12(16)8-11/h9-12,14,16H,2-8H2,1H3,(H,15,17). The molecule has 3 N–H and O–H groups in total. The lowest BCUT2D eigenvalue weighted by Crippen LogP contribution is -2.46. The zero-order chi connectivity index (χ0) is 12.3. The molecule has 2 fully saturated rings. The van der Waals surface area contributed by atoms with Crippen LogP contribution in [0.4, 0.5) is 0 Å². The maximum Gasteiger partial charge on any atom is 0.223 e. The number of hydrogen-bond acceptors (Lipinski definition) is 3. The van der Waals surface area contributed by atoms with Gasteiger partial charge in [-0.2, -0.15) is 0 Å². The van der Waals surface area contributed by atoms with Crippen molar-refractivity contribution < 1.29 is 9.90 Å². The van der Waals surface area contributed by atoms with Crippen LogP contribution in [0.15, 0.2) is 0 Å². The van der Waals surface area contributed by atoms with E-state index in [2.05, 4.69) is 17.6 Å². The fraction of sp³-hybridized carbons (Fsp3) is 0.923. The van der Waals surface area contributed by atoms with Gasteiger partial charge < -0.3 is 15.7 Å². The van der Waals surface area contributed by atoms with Crippen molar-refractivity contribution in [1.82, 2.24) is 10.6 Å². The first-order valence-corrected chi connectivity index (χ1v) is 6.87. The minimum absolute atomic E-state index is 0.158. The van der Waals surface area contributed by atoms with E-state index in [0.717, 1.165) is 45.1 Å². The predicted octanol–water partition coefficient (Wildman–Crippen LogP) is 0.794. The molecule has 1 saturated carbocycles. The van der Waals surface area contributed by atoms with Crippen molar-refractivity contribution >= 4 is 5.91 Å². The van der Waals surface area contributed by atoms with Crippen LogP contribution in [0.25, 0.3) is 0 Å². The molecule has 0 aromatic heterocycles. The van der Waals surface area contributed by atoms with Crippen LogP contribution in [-0.2, 0) is 4.79 Å². The molecular weight excluding hydrogens is 216 g/mol. The minimum Gasteiger partial charge on any atom is -0.393 e. The lowest BCUT2D eigenvalue weighted by Gasteiger charge is -2.31. The Hall–Kier alpha value is -0.610. The molecule has 4 unspecified atom stereocenters. The Balaban J connectivity index is 1.79. The largest absolute Gasteiger partial charge is 0.393 e. The normalized spacial score (nSPS) is 38.7. The van der Waals surface area contributed by atoms with Gasteiger partial charge in [-0.25, -0.2) is 0 Å². The first-order valence-electron chi connectivity index (χ1n) is 6.87. The summed E-state index contributed by atoms with van der Waals surface area (Å²) in [5.41, 5.74) is 0. The zero-order valence-electron chi connectivity index (χ0n) is 10.6. The number of carbonyl (C=O) groups is 1. The van der Waals surface area contributed by atoms with Crippen molar-refractivity contribution in [1.29, 1.82) is 0 Å². The van der Waals surface area contributed by atoms with E-state index in [9.17, 15) is 9.90 Å². The molecule has 1 aliphatic carbocycles. The number of rotatable bonds is 2. The fourth-order valence-electron chi connectivity index (χ4n) is 2.98. The summed E-state index contributed by atoms with van der Waals surface area (Å²) < 4.78 is 0. The molecule has 17 heavy (non-hydrogen) atoms. The first kappa shape index (κ1) is 12.8. The van der Waals surface area contributed by atoms with E-state index in [4.69, 9.17) is 0 Å². The van der Waals surface area contributed by atoms with Crippen LogP contribution in [0.3, 0.4) is 0 Å². The molecule has 0 radical (unpaired) electrons. The maximum atomic E-state index is 12.1. The number of piperidine rings is 1. The molecule has 98 valence electrons. The summed E-state index contributed by atoms with van der Waals surface area (Å²) in [5.74, 6) is 0.350. The number of hydrogen-bond donors (Lipinski definition) is 3. The van der Waals surface area contributed by atoms with Crippen molar-refractivity contribution in [2.75, 3.05) is 6.54 Å². The van der Waals surface area contributed by atoms with Gasteiger partial charge in [0.1, 0.15) is 0 Å². The Kier molecular flexibility index (Phi) is 4.40. The number of amides is 1. The van der Waals surface area contributed by atoms with E-state index < -0.39 is 0 Å². The molecular formula is C13H24N2O2. The highest BCUT2D eigenvalue weighted by atomic mass is 16.3. The summed E-state index contributed by atoms with van der Waals surface area (Å²) >= 11 is 0. The van der Waals surface area contributed by atoms with Gasteiger partial charge in [-0.05, 0) is 52.0 Å². The highest BCUT2D eigenvalue weighted by Crippen LogP contribution is 2.21. The Morgan fingerprint density at radius 1 is 1.29 bits per heavy atom. The molecule has 0 bridgehead atoms. The van der Waals surface area contributed by atoms with Crippen LogP contribution in [-0.4, -0.2) is 35.7 Å². The molecule has 1 amide bonds. The van der Waals surface area contributed by atoms with Crippen LogP contribution >= 0.6 is 0 Å². The molecule has 1 heterocycles. The van der Waals surface area contributed by atoms with Gasteiger partial charge in [-0.15, -0.1) is 0 Å². The van der Waals surface area contributed by atoms with Crippen LogP contribution < -0.4 is 10.6 Å². The van der Waals surface area contributed by atoms with Gasteiger partial charge in [0, 0.05) is 18.0 Å². The third-order valence-electron chi connectivity index (χ3n) is 3.99. The molecule has 4 heteroatoms. The van der Waals surface area contributed by atoms with Gasteiger partial charge in [0.15, 0.2) is 0 Å². The van der Waals surface area contributed by atoms with Crippen LogP contribution in [0.2, 0.25) is 0 Å². The smallest absolute Gasteiger partial charge is 0.223 e. The van der Waals surface area contributed by atoms with Crippen molar-refractivity contribution in [3.8, 4) is 0 Å². The highest BCUT2D eigenvalue weighted by molar-refractivity contribution is 5.79. The monoisotopic (exact) mass is 240 g/mol. The molecule has 1 aliphatic heterocycles. The van der Waals surface area contributed by atoms with Gasteiger partial charge in [0.25, 0.3) is 0 Å². The van der Waals surface area contributed by atoms with Gasteiger partial charge >= 0.3 is 0 Å². The lowest BCUT2D eigenvalue weighted by molar-refractivity contribution is -0.127. The molecule has 1 saturated heterocycles. The second-order valence-electron chi connectivity index (χ2n) is 5.60. The van der Waals surface area contributed by atoms with Crippen molar-refractivity contribution in [3.05, 3.63) is 0 Å². The van der Waals surface area contributed by atoms with E-state index in [1.807, 2.05) is 0 Å². The van der Waals surface area contributed by atoms with E-state index >= 15 is 0 Å². The number of carbonyl (C=O) groups excluding carboxylic acids is 1. The fourth-order valence-corrected chi connectivity index (χ4v) is 2.98. The summed E-state index contributed by atoms with van der Waals surface area (Å²) in [7, 11) is 0. The van der Waals surface area contributed by atoms with E-state index in [0.29, 0.717) is 6.04 Å². The lowest BCUT2D eigenvalue weighted by atomic mass is 9.90. The predicted molar refractivity (Wildman–Crippen MR) is 66.6 cm³/mol. The topological polar surface area (TPSA) is 61.4 Å². The number of aliphatic hydroxyl groups excluding tert-OH is 1. The molecule has 2 rings (SSSR count). The summed E-state index contributed by atoms with van der Waals surface area (Å²) in [6, 6.07) is 0.632. The SMILES string of the molecule is CC1CC(C(=O)NC2CCCC(O)C2)CCN1. The second-order valence-corrected chi connectivity index (χ2v) is 5.60. The highest BCUT2D eigenvalue weighted by Gasteiger charge is 2.28. The summed E-state index contributed by atoms with van der Waals surface area (Å²) in [4.78, 5) is 12.1. The van der Waals surface area contributed by atoms with E-state index in [1.54, 1.807) is 0 Å². The van der Waals surface area contributed by atoms with Gasteiger partial charge in [-0.3, -0.25) is 4.79 Å². The Bertz CT molecular complexity index is 270. The van der Waals surface area contributed by atoms with E-state index in [-0.39, 0.29) is 24.0 Å². The summed E-state index contributed by atoms with van der Waals surface area (Å²) in [6.07, 6.45) is 5.30. The van der Waals surface area contributed by atoms with Crippen molar-refractivity contribution in [3.63, 3.8) is 0 Å². The van der Waals surface area contributed by atoms with Crippen LogP contribution in [0.5, 0.6) is 0 Å². The molecule has 4 atom stereocenters. The third kappa shape index (κ3) is 3.68. The van der Waals surface area contributed by atoms with Crippen LogP contribution in [0, 0.1) is 5.92 Å². The molecule has 0 aromatic rings.